The van der Waals surface area contributed by atoms with Gasteiger partial charge in [0.15, 0.2) is 0 Å². The van der Waals surface area contributed by atoms with Crippen molar-refractivity contribution in [1.82, 2.24) is 9.36 Å². The van der Waals surface area contributed by atoms with Crippen LogP contribution >= 0.6 is 27.5 Å². The zero-order chi connectivity index (χ0) is 11.7. The molecular weight excluding hydrogens is 298 g/mol. The monoisotopic (exact) mass is 309 g/mol. The van der Waals surface area contributed by atoms with Crippen molar-refractivity contribution in [2.24, 2.45) is 0 Å². The highest BCUT2D eigenvalue weighted by molar-refractivity contribution is 9.10. The van der Waals surface area contributed by atoms with Gasteiger partial charge >= 0.3 is 0 Å². The first kappa shape index (κ1) is 11.2. The van der Waals surface area contributed by atoms with Crippen molar-refractivity contribution in [2.75, 3.05) is 5.32 Å². The maximum Gasteiger partial charge on any atom is 0.202 e. The molecule has 0 unspecified atom stereocenters. The molecule has 5 heteroatoms. The number of benzene rings is 1. The van der Waals surface area contributed by atoms with Crippen molar-refractivity contribution in [3.8, 4) is 0 Å². The van der Waals surface area contributed by atoms with E-state index in [1.165, 1.54) is 29.9 Å². The van der Waals surface area contributed by atoms with E-state index in [1.54, 1.807) is 0 Å². The molecule has 0 bridgehead atoms. The Morgan fingerprint density at radius 2 is 2.29 bits per heavy atom. The number of halogens is 1. The Labute approximate surface area is 113 Å². The second-order valence-electron chi connectivity index (χ2n) is 4.22. The predicted octanol–water partition coefficient (Wildman–Crippen LogP) is 3.79. The molecule has 3 nitrogen and oxygen atoms in total. The molecule has 1 heterocycles. The molecule has 1 N–H and O–H groups in total. The van der Waals surface area contributed by atoms with Crippen LogP contribution in [-0.4, -0.2) is 9.36 Å². The molecule has 0 saturated heterocycles. The third kappa shape index (κ3) is 2.84. The molecule has 0 aliphatic heterocycles. The average Bonchev–Trinajstić information content (AvgIpc) is 3.07. The summed E-state index contributed by atoms with van der Waals surface area (Å²) in [5.74, 6) is 1.65. The number of hydrogen-bond donors (Lipinski definition) is 1. The second-order valence-corrected chi connectivity index (χ2v) is 5.88. The van der Waals surface area contributed by atoms with E-state index in [2.05, 4.69) is 42.7 Å². The van der Waals surface area contributed by atoms with E-state index >= 15 is 0 Å². The highest BCUT2D eigenvalue weighted by Gasteiger charge is 2.27. The summed E-state index contributed by atoms with van der Waals surface area (Å²) in [5, 5.41) is 4.24. The van der Waals surface area contributed by atoms with Crippen molar-refractivity contribution >= 4 is 32.6 Å². The molecule has 1 aliphatic rings. The van der Waals surface area contributed by atoms with Gasteiger partial charge in [-0.25, -0.2) is 4.98 Å². The molecule has 0 spiro atoms. The van der Waals surface area contributed by atoms with Crippen LogP contribution in [0.4, 0.5) is 5.13 Å². The first-order valence-electron chi connectivity index (χ1n) is 5.63. The van der Waals surface area contributed by atoms with E-state index in [9.17, 15) is 0 Å². The molecule has 3 rings (SSSR count). The van der Waals surface area contributed by atoms with Crippen molar-refractivity contribution in [1.29, 1.82) is 0 Å². The van der Waals surface area contributed by atoms with Crippen LogP contribution in [0, 0.1) is 0 Å². The van der Waals surface area contributed by atoms with Crippen LogP contribution < -0.4 is 5.32 Å². The highest BCUT2D eigenvalue weighted by atomic mass is 79.9. The lowest BCUT2D eigenvalue weighted by Crippen LogP contribution is -1.98. The van der Waals surface area contributed by atoms with Gasteiger partial charge in [-0.3, -0.25) is 0 Å². The Kier molecular flexibility index (Phi) is 3.11. The summed E-state index contributed by atoms with van der Waals surface area (Å²) >= 11 is 4.92. The van der Waals surface area contributed by atoms with Gasteiger partial charge in [0.1, 0.15) is 5.82 Å². The molecule has 0 radical (unpaired) electrons. The average molecular weight is 310 g/mol. The third-order valence-electron chi connectivity index (χ3n) is 2.72. The van der Waals surface area contributed by atoms with Crippen LogP contribution in [-0.2, 0) is 6.54 Å². The number of nitrogens with zero attached hydrogens (tertiary/aromatic N) is 2. The van der Waals surface area contributed by atoms with E-state index in [0.717, 1.165) is 22.0 Å². The van der Waals surface area contributed by atoms with E-state index in [4.69, 9.17) is 0 Å². The van der Waals surface area contributed by atoms with Crippen molar-refractivity contribution in [3.63, 3.8) is 0 Å². The van der Waals surface area contributed by atoms with Gasteiger partial charge in [-0.2, -0.15) is 4.37 Å². The molecule has 0 atom stereocenters. The number of rotatable bonds is 4. The molecule has 1 aliphatic carbocycles. The SMILES string of the molecule is Brc1cccc(CNc2nc(C3CC3)ns2)c1. The zero-order valence-electron chi connectivity index (χ0n) is 9.19. The van der Waals surface area contributed by atoms with E-state index in [1.807, 2.05) is 12.1 Å². The van der Waals surface area contributed by atoms with Gasteiger partial charge in [0.2, 0.25) is 5.13 Å². The lowest BCUT2D eigenvalue weighted by atomic mass is 10.2. The van der Waals surface area contributed by atoms with Gasteiger partial charge in [0.25, 0.3) is 0 Å². The highest BCUT2D eigenvalue weighted by Crippen LogP contribution is 2.39. The maximum atomic E-state index is 4.49. The van der Waals surface area contributed by atoms with Crippen molar-refractivity contribution < 1.29 is 0 Å². The number of anilines is 1. The topological polar surface area (TPSA) is 37.8 Å². The van der Waals surface area contributed by atoms with Crippen molar-refractivity contribution in [2.45, 2.75) is 25.3 Å². The Balaban J connectivity index is 1.62. The molecule has 0 amide bonds. The fourth-order valence-electron chi connectivity index (χ4n) is 1.64. The Bertz CT molecular complexity index is 522. The lowest BCUT2D eigenvalue weighted by Gasteiger charge is -2.02. The van der Waals surface area contributed by atoms with Gasteiger partial charge in [-0.15, -0.1) is 0 Å². The molecule has 17 heavy (non-hydrogen) atoms. The molecule has 1 aromatic carbocycles. The maximum absolute atomic E-state index is 4.49. The van der Waals surface area contributed by atoms with Gasteiger partial charge < -0.3 is 5.32 Å². The molecule has 1 aromatic heterocycles. The molecule has 88 valence electrons. The van der Waals surface area contributed by atoms with Gasteiger partial charge in [-0.05, 0) is 30.5 Å². The predicted molar refractivity (Wildman–Crippen MR) is 73.4 cm³/mol. The third-order valence-corrected chi connectivity index (χ3v) is 3.90. The van der Waals surface area contributed by atoms with Gasteiger partial charge in [0.05, 0.1) is 0 Å². The minimum atomic E-state index is 0.632. The number of hydrogen-bond acceptors (Lipinski definition) is 4. The van der Waals surface area contributed by atoms with Crippen LogP contribution in [0.15, 0.2) is 28.7 Å². The van der Waals surface area contributed by atoms with E-state index in [0.29, 0.717) is 5.92 Å². The normalized spacial score (nSPS) is 14.9. The fourth-order valence-corrected chi connectivity index (χ4v) is 2.73. The van der Waals surface area contributed by atoms with Crippen LogP contribution in [0.2, 0.25) is 0 Å². The van der Waals surface area contributed by atoms with Crippen molar-refractivity contribution in [3.05, 3.63) is 40.1 Å². The van der Waals surface area contributed by atoms with E-state index < -0.39 is 0 Å². The second kappa shape index (κ2) is 4.74. The summed E-state index contributed by atoms with van der Waals surface area (Å²) in [7, 11) is 0. The first-order chi connectivity index (χ1) is 8.31. The van der Waals surface area contributed by atoms with Crippen LogP contribution in [0.3, 0.4) is 0 Å². The summed E-state index contributed by atoms with van der Waals surface area (Å²) in [6, 6.07) is 8.27. The standard InChI is InChI=1S/C12H12BrN3S/c13-10-3-1-2-8(6-10)7-14-12-15-11(16-17-12)9-4-5-9/h1-3,6,9H,4-5,7H2,(H,14,15,16). The summed E-state index contributed by atoms with van der Waals surface area (Å²) in [6.45, 7) is 0.790. The van der Waals surface area contributed by atoms with Gasteiger partial charge in [-0.1, -0.05) is 28.1 Å². The van der Waals surface area contributed by atoms with Crippen LogP contribution in [0.5, 0.6) is 0 Å². The molecule has 2 aromatic rings. The largest absolute Gasteiger partial charge is 0.356 e. The summed E-state index contributed by atoms with van der Waals surface area (Å²) < 4.78 is 5.47. The van der Waals surface area contributed by atoms with Crippen LogP contribution in [0.1, 0.15) is 30.1 Å². The first-order valence-corrected chi connectivity index (χ1v) is 7.20. The number of nitrogens with one attached hydrogen (secondary N) is 1. The Morgan fingerprint density at radius 3 is 3.06 bits per heavy atom. The quantitative estimate of drug-likeness (QED) is 0.933. The summed E-state index contributed by atoms with van der Waals surface area (Å²) in [5.41, 5.74) is 1.24. The fraction of sp³-hybridized carbons (Fsp3) is 0.333. The lowest BCUT2D eigenvalue weighted by molar-refractivity contribution is 0.980. The van der Waals surface area contributed by atoms with E-state index in [-0.39, 0.29) is 0 Å². The molecular formula is C12H12BrN3S. The molecule has 1 saturated carbocycles. The summed E-state index contributed by atoms with van der Waals surface area (Å²) in [4.78, 5) is 4.49. The minimum absolute atomic E-state index is 0.632. The minimum Gasteiger partial charge on any atom is -0.356 e. The van der Waals surface area contributed by atoms with Crippen LogP contribution in [0.25, 0.3) is 0 Å². The Morgan fingerprint density at radius 1 is 1.41 bits per heavy atom. The molecule has 1 fully saturated rings. The Hall–Kier alpha value is -0.940. The number of aromatic nitrogens is 2. The van der Waals surface area contributed by atoms with Gasteiger partial charge in [0, 0.05) is 28.5 Å². The zero-order valence-corrected chi connectivity index (χ0v) is 11.6. The smallest absolute Gasteiger partial charge is 0.202 e. The summed E-state index contributed by atoms with van der Waals surface area (Å²) in [6.07, 6.45) is 2.50.